The highest BCUT2D eigenvalue weighted by molar-refractivity contribution is 7.90. The van der Waals surface area contributed by atoms with Crippen LogP contribution in [0.2, 0.25) is 0 Å². The lowest BCUT2D eigenvalue weighted by Crippen LogP contribution is -2.35. The summed E-state index contributed by atoms with van der Waals surface area (Å²) in [5.41, 5.74) is 2.39. The number of pyridine rings is 1. The SMILES string of the molecule is CS(=O)(=O)c1ccc(C(=O)c2cc(-c3cccnc3)c(N3CCOCC3)s2)cc1. The van der Waals surface area contributed by atoms with Crippen molar-refractivity contribution < 1.29 is 17.9 Å². The molecule has 1 saturated heterocycles. The molecule has 150 valence electrons. The van der Waals surface area contributed by atoms with Gasteiger partial charge in [-0.3, -0.25) is 9.78 Å². The van der Waals surface area contributed by atoms with E-state index >= 15 is 0 Å². The Bertz CT molecular complexity index is 1120. The summed E-state index contributed by atoms with van der Waals surface area (Å²) in [7, 11) is -3.30. The molecule has 3 heterocycles. The zero-order valence-electron chi connectivity index (χ0n) is 15.9. The summed E-state index contributed by atoms with van der Waals surface area (Å²) in [5.74, 6) is -0.125. The summed E-state index contributed by atoms with van der Waals surface area (Å²) < 4.78 is 28.8. The van der Waals surface area contributed by atoms with E-state index < -0.39 is 9.84 Å². The van der Waals surface area contributed by atoms with Crippen LogP contribution in [-0.4, -0.2) is 51.7 Å². The number of benzene rings is 1. The molecule has 0 bridgehead atoms. The normalized spacial score (nSPS) is 14.7. The summed E-state index contributed by atoms with van der Waals surface area (Å²) in [6.07, 6.45) is 4.67. The molecule has 2 aromatic heterocycles. The molecular formula is C21H20N2O4S2. The summed E-state index contributed by atoms with van der Waals surface area (Å²) in [5, 5.41) is 1.03. The lowest BCUT2D eigenvalue weighted by Gasteiger charge is -2.28. The molecule has 0 amide bonds. The van der Waals surface area contributed by atoms with E-state index in [0.29, 0.717) is 23.7 Å². The molecule has 1 fully saturated rings. The van der Waals surface area contributed by atoms with Crippen molar-refractivity contribution >= 4 is 32.0 Å². The van der Waals surface area contributed by atoms with Crippen LogP contribution in [0.15, 0.2) is 59.8 Å². The van der Waals surface area contributed by atoms with Gasteiger partial charge in [0.1, 0.15) is 0 Å². The van der Waals surface area contributed by atoms with Crippen LogP contribution in [0, 0.1) is 0 Å². The number of ketones is 1. The number of ether oxygens (including phenoxy) is 1. The second kappa shape index (κ2) is 8.06. The molecule has 0 aliphatic carbocycles. The Morgan fingerprint density at radius 3 is 2.48 bits per heavy atom. The van der Waals surface area contributed by atoms with Crippen LogP contribution in [-0.2, 0) is 14.6 Å². The summed E-state index contributed by atoms with van der Waals surface area (Å²) in [6, 6.07) is 11.8. The largest absolute Gasteiger partial charge is 0.378 e. The van der Waals surface area contributed by atoms with Gasteiger partial charge in [-0.2, -0.15) is 0 Å². The highest BCUT2D eigenvalue weighted by Crippen LogP contribution is 2.40. The first-order valence-electron chi connectivity index (χ1n) is 9.15. The lowest BCUT2D eigenvalue weighted by molar-refractivity contribution is 0.104. The van der Waals surface area contributed by atoms with Gasteiger partial charge in [-0.1, -0.05) is 6.07 Å². The predicted octanol–water partition coefficient (Wildman–Crippen LogP) is 3.28. The number of hydrogen-bond donors (Lipinski definition) is 0. The predicted molar refractivity (Wildman–Crippen MR) is 114 cm³/mol. The van der Waals surface area contributed by atoms with Gasteiger partial charge >= 0.3 is 0 Å². The van der Waals surface area contributed by atoms with E-state index in [1.165, 1.54) is 23.5 Å². The molecule has 3 aromatic rings. The van der Waals surface area contributed by atoms with Crippen LogP contribution in [0.1, 0.15) is 15.2 Å². The van der Waals surface area contributed by atoms with Gasteiger partial charge < -0.3 is 9.64 Å². The first kappa shape index (κ1) is 19.8. The van der Waals surface area contributed by atoms with E-state index in [2.05, 4.69) is 9.88 Å². The number of hydrogen-bond acceptors (Lipinski definition) is 7. The Morgan fingerprint density at radius 1 is 1.14 bits per heavy atom. The number of aromatic nitrogens is 1. The van der Waals surface area contributed by atoms with Gasteiger partial charge in [0.05, 0.1) is 28.0 Å². The summed E-state index contributed by atoms with van der Waals surface area (Å²) >= 11 is 1.45. The van der Waals surface area contributed by atoms with Crippen molar-refractivity contribution in [1.29, 1.82) is 0 Å². The highest BCUT2D eigenvalue weighted by atomic mass is 32.2. The second-order valence-electron chi connectivity index (χ2n) is 6.80. The van der Waals surface area contributed by atoms with Gasteiger partial charge in [-0.15, -0.1) is 11.3 Å². The Labute approximate surface area is 173 Å². The van der Waals surface area contributed by atoms with Gasteiger partial charge in [-0.25, -0.2) is 8.42 Å². The van der Waals surface area contributed by atoms with E-state index in [4.69, 9.17) is 4.74 Å². The average Bonchev–Trinajstić information content (AvgIpc) is 3.19. The topological polar surface area (TPSA) is 76.6 Å². The van der Waals surface area contributed by atoms with Crippen LogP contribution in [0.3, 0.4) is 0 Å². The molecule has 0 atom stereocenters. The molecule has 1 aromatic carbocycles. The fourth-order valence-electron chi connectivity index (χ4n) is 3.22. The van der Waals surface area contributed by atoms with Crippen molar-refractivity contribution in [3.8, 4) is 11.1 Å². The van der Waals surface area contributed by atoms with Gasteiger partial charge in [0.2, 0.25) is 5.78 Å². The van der Waals surface area contributed by atoms with Gasteiger partial charge in [-0.05, 0) is 36.4 Å². The highest BCUT2D eigenvalue weighted by Gasteiger charge is 2.23. The third-order valence-electron chi connectivity index (χ3n) is 4.75. The van der Waals surface area contributed by atoms with Crippen molar-refractivity contribution in [3.63, 3.8) is 0 Å². The van der Waals surface area contributed by atoms with Crippen LogP contribution >= 0.6 is 11.3 Å². The van der Waals surface area contributed by atoms with Crippen LogP contribution < -0.4 is 4.90 Å². The second-order valence-corrected chi connectivity index (χ2v) is 9.84. The van der Waals surface area contributed by atoms with Crippen LogP contribution in [0.25, 0.3) is 11.1 Å². The first-order valence-corrected chi connectivity index (χ1v) is 11.9. The van der Waals surface area contributed by atoms with Gasteiger partial charge in [0.25, 0.3) is 0 Å². The third kappa shape index (κ3) is 4.24. The third-order valence-corrected chi connectivity index (χ3v) is 7.07. The minimum atomic E-state index is -3.30. The van der Waals surface area contributed by atoms with Crippen LogP contribution in [0.5, 0.6) is 0 Å². The summed E-state index contributed by atoms with van der Waals surface area (Å²) in [6.45, 7) is 2.84. The van der Waals surface area contributed by atoms with Gasteiger partial charge in [0, 0.05) is 48.4 Å². The number of carbonyl (C=O) groups is 1. The molecule has 1 aliphatic rings. The van der Waals surface area contributed by atoms with E-state index in [-0.39, 0.29) is 10.7 Å². The number of carbonyl (C=O) groups excluding carboxylic acids is 1. The molecule has 4 rings (SSSR count). The van der Waals surface area contributed by atoms with E-state index in [1.807, 2.05) is 18.2 Å². The molecule has 29 heavy (non-hydrogen) atoms. The number of nitrogens with zero attached hydrogens (tertiary/aromatic N) is 2. The Morgan fingerprint density at radius 2 is 1.86 bits per heavy atom. The Balaban J connectivity index is 1.72. The van der Waals surface area contributed by atoms with E-state index in [1.54, 1.807) is 24.5 Å². The van der Waals surface area contributed by atoms with E-state index in [9.17, 15) is 13.2 Å². The van der Waals surface area contributed by atoms with Crippen molar-refractivity contribution in [1.82, 2.24) is 4.98 Å². The maximum atomic E-state index is 13.1. The molecule has 1 aliphatic heterocycles. The van der Waals surface area contributed by atoms with Crippen molar-refractivity contribution in [3.05, 3.63) is 65.3 Å². The maximum Gasteiger partial charge on any atom is 0.203 e. The lowest BCUT2D eigenvalue weighted by atomic mass is 10.1. The number of sulfone groups is 1. The van der Waals surface area contributed by atoms with Gasteiger partial charge in [0.15, 0.2) is 9.84 Å². The van der Waals surface area contributed by atoms with Crippen molar-refractivity contribution in [2.75, 3.05) is 37.5 Å². The summed E-state index contributed by atoms with van der Waals surface area (Å²) in [4.78, 5) is 20.3. The molecule has 0 saturated carbocycles. The molecular weight excluding hydrogens is 408 g/mol. The van der Waals surface area contributed by atoms with Crippen molar-refractivity contribution in [2.24, 2.45) is 0 Å². The number of morpholine rings is 1. The smallest absolute Gasteiger partial charge is 0.203 e. The average molecular weight is 429 g/mol. The monoisotopic (exact) mass is 428 g/mol. The minimum absolute atomic E-state index is 0.125. The molecule has 0 unspecified atom stereocenters. The standard InChI is InChI=1S/C21H20N2O4S2/c1-29(25,26)17-6-4-15(5-7-17)20(24)19-13-18(16-3-2-8-22-14-16)21(28-19)23-9-11-27-12-10-23/h2-8,13-14H,9-12H2,1H3. The Kier molecular flexibility index (Phi) is 5.49. The quantitative estimate of drug-likeness (QED) is 0.581. The molecule has 0 N–H and O–H groups in total. The van der Waals surface area contributed by atoms with Crippen LogP contribution in [0.4, 0.5) is 5.00 Å². The Hall–Kier alpha value is -2.55. The zero-order chi connectivity index (χ0) is 20.4. The van der Waals surface area contributed by atoms with E-state index in [0.717, 1.165) is 35.5 Å². The molecule has 0 spiro atoms. The number of thiophene rings is 1. The number of anilines is 1. The first-order chi connectivity index (χ1) is 13.9. The maximum absolute atomic E-state index is 13.1. The zero-order valence-corrected chi connectivity index (χ0v) is 17.5. The fraction of sp³-hybridized carbons (Fsp3) is 0.238. The van der Waals surface area contributed by atoms with Crippen molar-refractivity contribution in [2.45, 2.75) is 4.90 Å². The molecule has 0 radical (unpaired) electrons. The number of rotatable bonds is 5. The molecule has 8 heteroatoms. The fourth-order valence-corrected chi connectivity index (χ4v) is 5.04. The minimum Gasteiger partial charge on any atom is -0.378 e. The molecule has 6 nitrogen and oxygen atoms in total.